The van der Waals surface area contributed by atoms with Crippen LogP contribution in [-0.2, 0) is 4.74 Å². The average molecular weight is 405 g/mol. The molecule has 1 aromatic heterocycles. The Morgan fingerprint density at radius 2 is 1.77 bits per heavy atom. The van der Waals surface area contributed by atoms with Gasteiger partial charge in [-0.2, -0.15) is 5.10 Å². The summed E-state index contributed by atoms with van der Waals surface area (Å²) < 4.78 is 7.28. The molecular weight excluding hydrogens is 376 g/mol. The quantitative estimate of drug-likeness (QED) is 0.685. The summed E-state index contributed by atoms with van der Waals surface area (Å²) in [6.07, 6.45) is 1.65. The molecule has 0 saturated carbocycles. The van der Waals surface area contributed by atoms with Crippen molar-refractivity contribution in [2.24, 2.45) is 0 Å². The lowest BCUT2D eigenvalue weighted by Crippen LogP contribution is -2.43. The molecule has 3 aromatic rings. The number of amides is 1. The van der Waals surface area contributed by atoms with Gasteiger partial charge in [-0.15, -0.1) is 0 Å². The number of rotatable bonds is 6. The van der Waals surface area contributed by atoms with Gasteiger partial charge < -0.3 is 10.1 Å². The molecule has 1 N–H and O–H groups in total. The Kier molecular flexibility index (Phi) is 6.26. The zero-order valence-corrected chi connectivity index (χ0v) is 17.5. The Morgan fingerprint density at radius 3 is 2.47 bits per heavy atom. The lowest BCUT2D eigenvalue weighted by atomic mass is 10.0. The molecule has 0 aliphatic carbocycles. The largest absolute Gasteiger partial charge is 0.379 e. The zero-order chi connectivity index (χ0) is 20.9. The molecule has 1 fully saturated rings. The van der Waals surface area contributed by atoms with Crippen molar-refractivity contribution in [3.05, 3.63) is 83.2 Å². The van der Waals surface area contributed by atoms with Gasteiger partial charge in [-0.3, -0.25) is 9.69 Å². The van der Waals surface area contributed by atoms with Crippen LogP contribution in [0.25, 0.3) is 5.69 Å². The highest BCUT2D eigenvalue weighted by molar-refractivity contribution is 5.95. The highest BCUT2D eigenvalue weighted by Crippen LogP contribution is 2.19. The molecule has 156 valence electrons. The van der Waals surface area contributed by atoms with E-state index in [0.29, 0.717) is 5.56 Å². The van der Waals surface area contributed by atoms with Crippen LogP contribution >= 0.6 is 0 Å². The van der Waals surface area contributed by atoms with E-state index in [2.05, 4.69) is 46.5 Å². The van der Waals surface area contributed by atoms with E-state index in [1.807, 2.05) is 37.3 Å². The molecule has 1 atom stereocenters. The maximum atomic E-state index is 13.2. The second kappa shape index (κ2) is 9.24. The van der Waals surface area contributed by atoms with E-state index in [4.69, 9.17) is 4.74 Å². The van der Waals surface area contributed by atoms with E-state index in [9.17, 15) is 4.79 Å². The molecule has 0 unspecified atom stereocenters. The standard InChI is InChI=1S/C24H28N4O2/c1-18-8-10-20(11-9-18)23(17-27-12-14-30-15-13-27)26-24(29)22-16-25-28(19(22)2)21-6-4-3-5-7-21/h3-11,16,23H,12-15,17H2,1-2H3,(H,26,29)/t23-/m0/s1. The molecule has 0 spiro atoms. The van der Waals surface area contributed by atoms with Crippen LogP contribution in [0.4, 0.5) is 0 Å². The molecule has 1 aliphatic rings. The SMILES string of the molecule is Cc1ccc([C@H](CN2CCOCC2)NC(=O)c2cnn(-c3ccccc3)c2C)cc1. The number of aryl methyl sites for hydroxylation is 1. The van der Waals surface area contributed by atoms with E-state index in [0.717, 1.165) is 49.8 Å². The number of carbonyl (C=O) groups excluding carboxylic acids is 1. The van der Waals surface area contributed by atoms with Gasteiger partial charge >= 0.3 is 0 Å². The molecule has 1 saturated heterocycles. The molecule has 2 aromatic carbocycles. The fraction of sp³-hybridized carbons (Fsp3) is 0.333. The summed E-state index contributed by atoms with van der Waals surface area (Å²) in [7, 11) is 0. The molecule has 6 heteroatoms. The van der Waals surface area contributed by atoms with Crippen LogP contribution in [0.1, 0.15) is 33.2 Å². The van der Waals surface area contributed by atoms with Crippen LogP contribution in [-0.4, -0.2) is 53.4 Å². The summed E-state index contributed by atoms with van der Waals surface area (Å²) in [5, 5.41) is 7.69. The highest BCUT2D eigenvalue weighted by atomic mass is 16.5. The monoisotopic (exact) mass is 404 g/mol. The summed E-state index contributed by atoms with van der Waals surface area (Å²) in [4.78, 5) is 15.5. The number of benzene rings is 2. The van der Waals surface area contributed by atoms with Gasteiger partial charge in [0.25, 0.3) is 5.91 Å². The summed E-state index contributed by atoms with van der Waals surface area (Å²) in [5.74, 6) is -0.103. The molecule has 0 radical (unpaired) electrons. The normalized spacial score (nSPS) is 15.7. The van der Waals surface area contributed by atoms with Crippen LogP contribution in [0.5, 0.6) is 0 Å². The smallest absolute Gasteiger partial charge is 0.255 e. The first-order valence-electron chi connectivity index (χ1n) is 10.4. The molecule has 1 amide bonds. The van der Waals surface area contributed by atoms with Gasteiger partial charge in [0, 0.05) is 19.6 Å². The van der Waals surface area contributed by atoms with Gasteiger partial charge in [0.15, 0.2) is 0 Å². The van der Waals surface area contributed by atoms with Crippen molar-refractivity contribution in [3.63, 3.8) is 0 Å². The van der Waals surface area contributed by atoms with Crippen molar-refractivity contribution in [3.8, 4) is 5.69 Å². The number of nitrogens with one attached hydrogen (secondary N) is 1. The van der Waals surface area contributed by atoms with Gasteiger partial charge in [-0.05, 0) is 31.5 Å². The van der Waals surface area contributed by atoms with Crippen LogP contribution in [0.15, 0.2) is 60.8 Å². The van der Waals surface area contributed by atoms with Crippen molar-refractivity contribution in [1.29, 1.82) is 0 Å². The van der Waals surface area contributed by atoms with Crippen molar-refractivity contribution in [2.45, 2.75) is 19.9 Å². The third-order valence-corrected chi connectivity index (χ3v) is 5.58. The first-order valence-corrected chi connectivity index (χ1v) is 10.4. The third-order valence-electron chi connectivity index (χ3n) is 5.58. The minimum Gasteiger partial charge on any atom is -0.379 e. The van der Waals surface area contributed by atoms with Gasteiger partial charge in [-0.25, -0.2) is 4.68 Å². The molecule has 0 bridgehead atoms. The number of morpholine rings is 1. The molecule has 6 nitrogen and oxygen atoms in total. The first-order chi connectivity index (χ1) is 14.6. The number of para-hydroxylation sites is 1. The van der Waals surface area contributed by atoms with Gasteiger partial charge in [0.2, 0.25) is 0 Å². The van der Waals surface area contributed by atoms with Gasteiger partial charge in [0.05, 0.1) is 42.4 Å². The predicted molar refractivity (Wildman–Crippen MR) is 117 cm³/mol. The average Bonchev–Trinajstić information content (AvgIpc) is 3.16. The molecule has 2 heterocycles. The van der Waals surface area contributed by atoms with Crippen LogP contribution < -0.4 is 5.32 Å². The predicted octanol–water partition coefficient (Wildman–Crippen LogP) is 3.29. The summed E-state index contributed by atoms with van der Waals surface area (Å²) in [6.45, 7) is 7.98. The van der Waals surface area contributed by atoms with Crippen LogP contribution in [0.3, 0.4) is 0 Å². The zero-order valence-electron chi connectivity index (χ0n) is 17.5. The summed E-state index contributed by atoms with van der Waals surface area (Å²) in [5.41, 5.74) is 4.67. The topological polar surface area (TPSA) is 59.4 Å². The van der Waals surface area contributed by atoms with E-state index in [1.54, 1.807) is 10.9 Å². The van der Waals surface area contributed by atoms with Gasteiger partial charge in [-0.1, -0.05) is 48.0 Å². The van der Waals surface area contributed by atoms with Crippen molar-refractivity contribution in [2.75, 3.05) is 32.8 Å². The summed E-state index contributed by atoms with van der Waals surface area (Å²) >= 11 is 0. The second-order valence-electron chi connectivity index (χ2n) is 7.74. The lowest BCUT2D eigenvalue weighted by Gasteiger charge is -2.31. The Hall–Kier alpha value is -2.96. The fourth-order valence-corrected chi connectivity index (χ4v) is 3.77. The van der Waals surface area contributed by atoms with E-state index >= 15 is 0 Å². The fourth-order valence-electron chi connectivity index (χ4n) is 3.77. The van der Waals surface area contributed by atoms with Crippen LogP contribution in [0, 0.1) is 13.8 Å². The van der Waals surface area contributed by atoms with Crippen molar-refractivity contribution in [1.82, 2.24) is 20.0 Å². The van der Waals surface area contributed by atoms with E-state index in [1.165, 1.54) is 5.56 Å². The first kappa shape index (κ1) is 20.3. The Balaban J connectivity index is 1.55. The molecule has 4 rings (SSSR count). The Bertz CT molecular complexity index is 976. The van der Waals surface area contributed by atoms with Crippen molar-refractivity contribution < 1.29 is 9.53 Å². The van der Waals surface area contributed by atoms with E-state index in [-0.39, 0.29) is 11.9 Å². The maximum Gasteiger partial charge on any atom is 0.255 e. The van der Waals surface area contributed by atoms with Gasteiger partial charge in [0.1, 0.15) is 0 Å². The highest BCUT2D eigenvalue weighted by Gasteiger charge is 2.23. The second-order valence-corrected chi connectivity index (χ2v) is 7.74. The number of nitrogens with zero attached hydrogens (tertiary/aromatic N) is 3. The summed E-state index contributed by atoms with van der Waals surface area (Å²) in [6, 6.07) is 18.1. The Morgan fingerprint density at radius 1 is 1.07 bits per heavy atom. The molecular formula is C24H28N4O2. The van der Waals surface area contributed by atoms with Crippen LogP contribution in [0.2, 0.25) is 0 Å². The minimum atomic E-state index is -0.103. The number of hydrogen-bond acceptors (Lipinski definition) is 4. The van der Waals surface area contributed by atoms with E-state index < -0.39 is 0 Å². The third kappa shape index (κ3) is 4.61. The van der Waals surface area contributed by atoms with Crippen molar-refractivity contribution >= 4 is 5.91 Å². The molecule has 30 heavy (non-hydrogen) atoms. The maximum absolute atomic E-state index is 13.2. The number of hydrogen-bond donors (Lipinski definition) is 1. The number of aromatic nitrogens is 2. The lowest BCUT2D eigenvalue weighted by molar-refractivity contribution is 0.0332. The number of ether oxygens (including phenoxy) is 1. The number of carbonyl (C=O) groups is 1. The Labute approximate surface area is 177 Å². The molecule has 1 aliphatic heterocycles. The minimum absolute atomic E-state index is 0.101.